The number of esters is 1. The maximum absolute atomic E-state index is 13.5. The van der Waals surface area contributed by atoms with Gasteiger partial charge in [-0.1, -0.05) is 17.7 Å². The Morgan fingerprint density at radius 2 is 2.24 bits per heavy atom. The first-order valence-electron chi connectivity index (χ1n) is 4.98. The summed E-state index contributed by atoms with van der Waals surface area (Å²) in [4.78, 5) is 11.1. The van der Waals surface area contributed by atoms with Gasteiger partial charge in [0.25, 0.3) is 0 Å². The zero-order chi connectivity index (χ0) is 13.0. The molecule has 0 aromatic heterocycles. The molecule has 0 heterocycles. The van der Waals surface area contributed by atoms with Gasteiger partial charge >= 0.3 is 5.97 Å². The Hall–Kier alpha value is -1.20. The number of ether oxygens (including phenoxy) is 1. The fraction of sp³-hybridized carbons (Fsp3) is 0.364. The summed E-state index contributed by atoms with van der Waals surface area (Å²) in [7, 11) is 0. The number of alkyl halides is 1. The summed E-state index contributed by atoms with van der Waals surface area (Å²) in [5.41, 5.74) is 5.65. The van der Waals surface area contributed by atoms with Gasteiger partial charge in [-0.25, -0.2) is 13.6 Å². The number of nitrogens with two attached hydrogens (primary N) is 1. The van der Waals surface area contributed by atoms with E-state index in [1.807, 2.05) is 0 Å². The standard InChI is InChI=1S/C11H12ClF2NO2/c1-2-17-11(16)9(14)10(15)6-3-4-7(12)8(13)5-6/h3-5,9-10H,2,15H2,1H3/t9?,10-/m1/s1. The van der Waals surface area contributed by atoms with Crippen LogP contribution in [0.2, 0.25) is 5.02 Å². The van der Waals surface area contributed by atoms with E-state index in [0.29, 0.717) is 0 Å². The normalized spacial score (nSPS) is 14.2. The topological polar surface area (TPSA) is 52.3 Å². The second-order valence-electron chi connectivity index (χ2n) is 3.35. The van der Waals surface area contributed by atoms with Crippen molar-refractivity contribution in [2.75, 3.05) is 6.61 Å². The van der Waals surface area contributed by atoms with E-state index in [1.165, 1.54) is 12.1 Å². The zero-order valence-corrected chi connectivity index (χ0v) is 9.88. The van der Waals surface area contributed by atoms with Crippen LogP contribution in [0.5, 0.6) is 0 Å². The van der Waals surface area contributed by atoms with Crippen molar-refractivity contribution < 1.29 is 18.3 Å². The molecule has 0 aliphatic heterocycles. The predicted molar refractivity (Wildman–Crippen MR) is 59.9 cm³/mol. The van der Waals surface area contributed by atoms with Crippen molar-refractivity contribution in [1.82, 2.24) is 0 Å². The van der Waals surface area contributed by atoms with E-state index in [9.17, 15) is 13.6 Å². The average Bonchev–Trinajstić information content (AvgIpc) is 2.31. The van der Waals surface area contributed by atoms with Gasteiger partial charge < -0.3 is 10.5 Å². The first kappa shape index (κ1) is 13.9. The van der Waals surface area contributed by atoms with Crippen LogP contribution in [-0.4, -0.2) is 18.7 Å². The van der Waals surface area contributed by atoms with Crippen molar-refractivity contribution in [3.63, 3.8) is 0 Å². The Balaban J connectivity index is 2.84. The van der Waals surface area contributed by atoms with Gasteiger partial charge in [0.15, 0.2) is 0 Å². The minimum Gasteiger partial charge on any atom is -0.464 e. The molecule has 0 fully saturated rings. The molecular formula is C11H12ClF2NO2. The van der Waals surface area contributed by atoms with Crippen molar-refractivity contribution in [2.24, 2.45) is 5.73 Å². The summed E-state index contributed by atoms with van der Waals surface area (Å²) in [6, 6.07) is 2.34. The number of halogens is 3. The van der Waals surface area contributed by atoms with Gasteiger partial charge in [0.05, 0.1) is 17.7 Å². The number of rotatable bonds is 4. The van der Waals surface area contributed by atoms with Crippen molar-refractivity contribution in [3.05, 3.63) is 34.6 Å². The lowest BCUT2D eigenvalue weighted by molar-refractivity contribution is -0.149. The third kappa shape index (κ3) is 3.38. The van der Waals surface area contributed by atoms with Crippen LogP contribution in [0.1, 0.15) is 18.5 Å². The monoisotopic (exact) mass is 263 g/mol. The van der Waals surface area contributed by atoms with Gasteiger partial charge in [-0.05, 0) is 24.6 Å². The van der Waals surface area contributed by atoms with Gasteiger partial charge in [-0.2, -0.15) is 0 Å². The third-order valence-electron chi connectivity index (χ3n) is 2.16. The highest BCUT2D eigenvalue weighted by atomic mass is 35.5. The predicted octanol–water partition coefficient (Wildman–Crippen LogP) is 2.38. The second-order valence-corrected chi connectivity index (χ2v) is 3.76. The Labute approximate surface area is 103 Å². The zero-order valence-electron chi connectivity index (χ0n) is 9.12. The summed E-state index contributed by atoms with van der Waals surface area (Å²) in [5, 5.41) is -0.0903. The fourth-order valence-electron chi connectivity index (χ4n) is 1.26. The lowest BCUT2D eigenvalue weighted by Crippen LogP contribution is -2.31. The highest BCUT2D eigenvalue weighted by Gasteiger charge is 2.28. The number of hydrogen-bond acceptors (Lipinski definition) is 3. The van der Waals surface area contributed by atoms with Gasteiger partial charge in [0, 0.05) is 0 Å². The molecule has 6 heteroatoms. The maximum atomic E-state index is 13.5. The molecule has 17 heavy (non-hydrogen) atoms. The molecular weight excluding hydrogens is 252 g/mol. The summed E-state index contributed by atoms with van der Waals surface area (Å²) in [6.07, 6.45) is -2.03. The van der Waals surface area contributed by atoms with E-state index in [2.05, 4.69) is 4.74 Å². The molecule has 0 saturated heterocycles. The molecule has 0 aliphatic carbocycles. The molecule has 0 aliphatic rings. The van der Waals surface area contributed by atoms with Crippen molar-refractivity contribution >= 4 is 17.6 Å². The number of hydrogen-bond donors (Lipinski definition) is 1. The van der Waals surface area contributed by atoms with Crippen molar-refractivity contribution in [1.29, 1.82) is 0 Å². The van der Waals surface area contributed by atoms with Crippen LogP contribution < -0.4 is 5.73 Å². The van der Waals surface area contributed by atoms with Crippen molar-refractivity contribution in [2.45, 2.75) is 19.1 Å². The largest absolute Gasteiger partial charge is 0.464 e. The van der Waals surface area contributed by atoms with Crippen LogP contribution in [-0.2, 0) is 9.53 Å². The van der Waals surface area contributed by atoms with Crippen LogP contribution in [0.4, 0.5) is 8.78 Å². The fourth-order valence-corrected chi connectivity index (χ4v) is 1.37. The van der Waals surface area contributed by atoms with E-state index in [0.717, 1.165) is 6.07 Å². The molecule has 0 bridgehead atoms. The highest BCUT2D eigenvalue weighted by Crippen LogP contribution is 2.22. The van der Waals surface area contributed by atoms with Gasteiger partial charge in [-0.3, -0.25) is 0 Å². The van der Waals surface area contributed by atoms with E-state index in [4.69, 9.17) is 17.3 Å². The number of carbonyl (C=O) groups excluding carboxylic acids is 1. The highest BCUT2D eigenvalue weighted by molar-refractivity contribution is 6.30. The van der Waals surface area contributed by atoms with E-state index in [-0.39, 0.29) is 17.2 Å². The molecule has 1 aromatic rings. The SMILES string of the molecule is CCOC(=O)C(F)[C@H](N)c1ccc(Cl)c(F)c1. The summed E-state index contributed by atoms with van der Waals surface area (Å²) in [5.74, 6) is -1.77. The van der Waals surface area contributed by atoms with Crippen LogP contribution in [0, 0.1) is 5.82 Å². The molecule has 0 amide bonds. The molecule has 2 atom stereocenters. The van der Waals surface area contributed by atoms with Crippen LogP contribution in [0.15, 0.2) is 18.2 Å². The Morgan fingerprint density at radius 3 is 2.76 bits per heavy atom. The van der Waals surface area contributed by atoms with Crippen LogP contribution >= 0.6 is 11.6 Å². The number of benzene rings is 1. The van der Waals surface area contributed by atoms with E-state index in [1.54, 1.807) is 6.92 Å². The van der Waals surface area contributed by atoms with Gasteiger partial charge in [0.1, 0.15) is 5.82 Å². The van der Waals surface area contributed by atoms with Gasteiger partial charge in [-0.15, -0.1) is 0 Å². The summed E-state index contributed by atoms with van der Waals surface area (Å²) < 4.78 is 31.2. The first-order chi connectivity index (χ1) is 7.97. The van der Waals surface area contributed by atoms with Crippen LogP contribution in [0.3, 0.4) is 0 Å². The van der Waals surface area contributed by atoms with Crippen LogP contribution in [0.25, 0.3) is 0 Å². The van der Waals surface area contributed by atoms with Crippen molar-refractivity contribution in [3.8, 4) is 0 Å². The van der Waals surface area contributed by atoms with E-state index < -0.39 is 24.0 Å². The quantitative estimate of drug-likeness (QED) is 0.849. The third-order valence-corrected chi connectivity index (χ3v) is 2.46. The second kappa shape index (κ2) is 5.93. The molecule has 1 unspecified atom stereocenters. The summed E-state index contributed by atoms with van der Waals surface area (Å²) in [6.45, 7) is 1.61. The molecule has 3 nitrogen and oxygen atoms in total. The Kier molecular flexibility index (Phi) is 4.84. The summed E-state index contributed by atoms with van der Waals surface area (Å²) >= 11 is 5.48. The molecule has 0 saturated carbocycles. The molecule has 2 N–H and O–H groups in total. The molecule has 1 aromatic carbocycles. The molecule has 94 valence electrons. The van der Waals surface area contributed by atoms with E-state index >= 15 is 0 Å². The molecule has 0 radical (unpaired) electrons. The smallest absolute Gasteiger partial charge is 0.342 e. The Morgan fingerprint density at radius 1 is 1.59 bits per heavy atom. The first-order valence-corrected chi connectivity index (χ1v) is 5.36. The minimum atomic E-state index is -2.03. The lowest BCUT2D eigenvalue weighted by Gasteiger charge is -2.16. The molecule has 1 rings (SSSR count). The lowest BCUT2D eigenvalue weighted by atomic mass is 10.0. The molecule has 0 spiro atoms. The maximum Gasteiger partial charge on any atom is 0.342 e. The average molecular weight is 264 g/mol. The number of carbonyl (C=O) groups is 1. The van der Waals surface area contributed by atoms with Gasteiger partial charge in [0.2, 0.25) is 6.17 Å². The minimum absolute atomic E-state index is 0.0565. The Bertz CT molecular complexity index is 414.